The number of fused-ring (bicyclic) bond motifs is 1. The topological polar surface area (TPSA) is 51.2 Å². The van der Waals surface area contributed by atoms with Crippen LogP contribution in [0.1, 0.15) is 22.8 Å². The maximum Gasteiger partial charge on any atom is 0.259 e. The number of nitrogens with one attached hydrogen (secondary N) is 1. The molecule has 0 aliphatic carbocycles. The Morgan fingerprint density at radius 2 is 2.24 bits per heavy atom. The Morgan fingerprint density at radius 1 is 1.43 bits per heavy atom. The maximum absolute atomic E-state index is 12.4. The molecule has 5 heteroatoms. The molecule has 108 valence electrons. The van der Waals surface area contributed by atoms with Crippen molar-refractivity contribution in [3.05, 3.63) is 57.7 Å². The Kier molecular flexibility index (Phi) is 4.03. The first-order chi connectivity index (χ1) is 10.1. The molecular weight excluding hydrogens is 332 g/mol. The number of nitrogens with zero attached hydrogens (tertiary/aromatic N) is 1. The highest BCUT2D eigenvalue weighted by Crippen LogP contribution is 2.28. The summed E-state index contributed by atoms with van der Waals surface area (Å²) in [5.41, 5.74) is 3.13. The van der Waals surface area contributed by atoms with Gasteiger partial charge in [0.25, 0.3) is 5.91 Å². The molecule has 4 nitrogen and oxygen atoms in total. The van der Waals surface area contributed by atoms with Crippen molar-refractivity contribution >= 4 is 27.7 Å². The van der Waals surface area contributed by atoms with Crippen molar-refractivity contribution < 1.29 is 9.53 Å². The number of hydrogen-bond acceptors (Lipinski definition) is 3. The van der Waals surface area contributed by atoms with E-state index < -0.39 is 6.10 Å². The molecule has 0 bridgehead atoms. The molecule has 0 spiro atoms. The summed E-state index contributed by atoms with van der Waals surface area (Å²) < 4.78 is 6.56. The van der Waals surface area contributed by atoms with Crippen molar-refractivity contribution in [2.45, 2.75) is 19.4 Å². The first-order valence-electron chi connectivity index (χ1n) is 6.77. The van der Waals surface area contributed by atoms with Gasteiger partial charge in [-0.25, -0.2) is 4.98 Å². The van der Waals surface area contributed by atoms with Gasteiger partial charge in [-0.1, -0.05) is 24.3 Å². The highest BCUT2D eigenvalue weighted by Gasteiger charge is 2.27. The van der Waals surface area contributed by atoms with E-state index in [2.05, 4.69) is 26.2 Å². The van der Waals surface area contributed by atoms with Gasteiger partial charge < -0.3 is 10.1 Å². The monoisotopic (exact) mass is 346 g/mol. The van der Waals surface area contributed by atoms with Crippen LogP contribution >= 0.6 is 15.9 Å². The summed E-state index contributed by atoms with van der Waals surface area (Å²) in [6.07, 6.45) is 1.96. The van der Waals surface area contributed by atoms with E-state index in [1.54, 1.807) is 6.20 Å². The number of ether oxygens (including phenoxy) is 1. The van der Waals surface area contributed by atoms with Crippen LogP contribution in [0.4, 0.5) is 5.82 Å². The van der Waals surface area contributed by atoms with Crippen LogP contribution in [0.15, 0.2) is 41.0 Å². The van der Waals surface area contributed by atoms with Gasteiger partial charge in [0.05, 0.1) is 6.61 Å². The summed E-state index contributed by atoms with van der Waals surface area (Å²) in [7, 11) is 0. The molecule has 1 atom stereocenters. The van der Waals surface area contributed by atoms with Crippen LogP contribution in [0.3, 0.4) is 0 Å². The molecule has 1 aromatic carbocycles. The van der Waals surface area contributed by atoms with Crippen LogP contribution in [0.2, 0.25) is 0 Å². The first-order valence-corrected chi connectivity index (χ1v) is 7.57. The summed E-state index contributed by atoms with van der Waals surface area (Å²) >= 11 is 3.39. The van der Waals surface area contributed by atoms with E-state index in [-0.39, 0.29) is 5.91 Å². The number of aromatic nitrogens is 1. The normalized spacial score (nSPS) is 17.1. The Bertz CT molecular complexity index is 688. The number of rotatable bonds is 2. The summed E-state index contributed by atoms with van der Waals surface area (Å²) in [4.78, 5) is 16.6. The highest BCUT2D eigenvalue weighted by atomic mass is 79.9. The van der Waals surface area contributed by atoms with Crippen LogP contribution in [0.25, 0.3) is 0 Å². The standard InChI is InChI=1S/C16H15BrN2O2/c1-10-8-14(18-9-13(10)17)19-16(20)15-12-5-3-2-4-11(12)6-7-21-15/h2-5,8-9,15H,6-7H2,1H3,(H,18,19,20). The molecule has 1 N–H and O–H groups in total. The van der Waals surface area contributed by atoms with E-state index in [1.807, 2.05) is 37.3 Å². The van der Waals surface area contributed by atoms with E-state index in [1.165, 1.54) is 5.56 Å². The number of benzene rings is 1. The lowest BCUT2D eigenvalue weighted by Crippen LogP contribution is -2.28. The second-order valence-corrected chi connectivity index (χ2v) is 5.86. The van der Waals surface area contributed by atoms with Gasteiger partial charge in [-0.05, 0) is 52.0 Å². The zero-order valence-corrected chi connectivity index (χ0v) is 13.2. The van der Waals surface area contributed by atoms with Gasteiger partial charge in [0.2, 0.25) is 0 Å². The summed E-state index contributed by atoms with van der Waals surface area (Å²) in [5, 5.41) is 2.82. The predicted molar refractivity (Wildman–Crippen MR) is 84.1 cm³/mol. The molecule has 2 heterocycles. The summed E-state index contributed by atoms with van der Waals surface area (Å²) in [5.74, 6) is 0.351. The zero-order valence-electron chi connectivity index (χ0n) is 11.6. The van der Waals surface area contributed by atoms with Crippen molar-refractivity contribution in [2.75, 3.05) is 11.9 Å². The molecule has 0 saturated heterocycles. The van der Waals surface area contributed by atoms with Crippen LogP contribution < -0.4 is 5.32 Å². The lowest BCUT2D eigenvalue weighted by Gasteiger charge is -2.25. The Balaban J connectivity index is 1.81. The zero-order chi connectivity index (χ0) is 14.8. The molecule has 0 saturated carbocycles. The van der Waals surface area contributed by atoms with Gasteiger partial charge in [-0.2, -0.15) is 0 Å². The molecule has 0 radical (unpaired) electrons. The van der Waals surface area contributed by atoms with Crippen molar-refractivity contribution in [1.29, 1.82) is 0 Å². The predicted octanol–water partition coefficient (Wildman–Crippen LogP) is 3.41. The minimum Gasteiger partial charge on any atom is -0.363 e. The number of carbonyl (C=O) groups excluding carboxylic acids is 1. The molecule has 1 aliphatic heterocycles. The van der Waals surface area contributed by atoms with Crippen LogP contribution in [-0.2, 0) is 16.0 Å². The molecule has 2 aromatic rings. The minimum absolute atomic E-state index is 0.184. The summed E-state index contributed by atoms with van der Waals surface area (Å²) in [6, 6.07) is 9.73. The van der Waals surface area contributed by atoms with Gasteiger partial charge in [0, 0.05) is 10.7 Å². The molecule has 1 aliphatic rings. The van der Waals surface area contributed by atoms with E-state index in [0.717, 1.165) is 22.0 Å². The Morgan fingerprint density at radius 3 is 3.05 bits per heavy atom. The quantitative estimate of drug-likeness (QED) is 0.906. The van der Waals surface area contributed by atoms with Crippen molar-refractivity contribution in [2.24, 2.45) is 0 Å². The second-order valence-electron chi connectivity index (χ2n) is 5.01. The molecule has 1 aromatic heterocycles. The van der Waals surface area contributed by atoms with E-state index in [4.69, 9.17) is 4.74 Å². The number of amides is 1. The second kappa shape index (κ2) is 5.95. The molecule has 3 rings (SSSR count). The van der Waals surface area contributed by atoms with Crippen LogP contribution in [-0.4, -0.2) is 17.5 Å². The minimum atomic E-state index is -0.569. The lowest BCUT2D eigenvalue weighted by molar-refractivity contribution is -0.128. The van der Waals surface area contributed by atoms with Gasteiger partial charge in [0.15, 0.2) is 6.10 Å². The molecule has 21 heavy (non-hydrogen) atoms. The molecule has 0 fully saturated rings. The number of aryl methyl sites for hydroxylation is 1. The third kappa shape index (κ3) is 2.99. The maximum atomic E-state index is 12.4. The average molecular weight is 347 g/mol. The van der Waals surface area contributed by atoms with E-state index >= 15 is 0 Å². The van der Waals surface area contributed by atoms with E-state index in [9.17, 15) is 4.79 Å². The van der Waals surface area contributed by atoms with Gasteiger partial charge in [-0.15, -0.1) is 0 Å². The fourth-order valence-electron chi connectivity index (χ4n) is 2.41. The average Bonchev–Trinajstić information content (AvgIpc) is 2.50. The van der Waals surface area contributed by atoms with Gasteiger partial charge in [-0.3, -0.25) is 4.79 Å². The van der Waals surface area contributed by atoms with Crippen molar-refractivity contribution in [3.63, 3.8) is 0 Å². The largest absolute Gasteiger partial charge is 0.363 e. The van der Waals surface area contributed by atoms with Crippen LogP contribution in [0.5, 0.6) is 0 Å². The molecular formula is C16H15BrN2O2. The van der Waals surface area contributed by atoms with Gasteiger partial charge >= 0.3 is 0 Å². The number of halogens is 1. The lowest BCUT2D eigenvalue weighted by atomic mass is 9.97. The third-order valence-corrected chi connectivity index (χ3v) is 4.36. The van der Waals surface area contributed by atoms with Crippen LogP contribution in [0, 0.1) is 6.92 Å². The molecule has 1 unspecified atom stereocenters. The number of anilines is 1. The SMILES string of the molecule is Cc1cc(NC(=O)C2OCCc3ccccc32)ncc1Br. The highest BCUT2D eigenvalue weighted by molar-refractivity contribution is 9.10. The smallest absolute Gasteiger partial charge is 0.259 e. The van der Waals surface area contributed by atoms with E-state index in [0.29, 0.717) is 12.4 Å². The van der Waals surface area contributed by atoms with Crippen molar-refractivity contribution in [3.8, 4) is 0 Å². The number of hydrogen-bond donors (Lipinski definition) is 1. The summed E-state index contributed by atoms with van der Waals surface area (Å²) in [6.45, 7) is 2.51. The number of carbonyl (C=O) groups is 1. The van der Waals surface area contributed by atoms with Crippen molar-refractivity contribution in [1.82, 2.24) is 4.98 Å². The first kappa shape index (κ1) is 14.2. The number of pyridine rings is 1. The fraction of sp³-hybridized carbons (Fsp3) is 0.250. The Labute approximate surface area is 131 Å². The Hall–Kier alpha value is -1.72. The fourth-order valence-corrected chi connectivity index (χ4v) is 2.63. The third-order valence-electron chi connectivity index (χ3n) is 3.53. The molecule has 1 amide bonds. The van der Waals surface area contributed by atoms with Gasteiger partial charge in [0.1, 0.15) is 5.82 Å².